The molecule has 6 nitrogen and oxygen atoms in total. The molecule has 0 fully saturated rings. The molecule has 0 saturated carbocycles. The fraction of sp³-hybridized carbons (Fsp3) is 0.364. The predicted molar refractivity (Wildman–Crippen MR) is 108 cm³/mol. The molecule has 0 aromatic heterocycles. The van der Waals surface area contributed by atoms with E-state index in [1.54, 1.807) is 13.0 Å². The van der Waals surface area contributed by atoms with Crippen LogP contribution in [0, 0.1) is 0 Å². The maximum atomic E-state index is 12.6. The van der Waals surface area contributed by atoms with Crippen molar-refractivity contribution in [1.29, 1.82) is 0 Å². The number of aryl methyl sites for hydroxylation is 2. The molecule has 0 aliphatic rings. The molecule has 6 heteroatoms. The summed E-state index contributed by atoms with van der Waals surface area (Å²) in [7, 11) is 2.99. The van der Waals surface area contributed by atoms with E-state index >= 15 is 0 Å². The van der Waals surface area contributed by atoms with Gasteiger partial charge in [-0.2, -0.15) is 0 Å². The highest BCUT2D eigenvalue weighted by atomic mass is 16.5. The number of carbonyl (C=O) groups excluding carboxylic acids is 2. The quantitative estimate of drug-likeness (QED) is 0.695. The molecule has 0 spiro atoms. The second kappa shape index (κ2) is 9.78. The minimum atomic E-state index is -0.959. The molecule has 28 heavy (non-hydrogen) atoms. The lowest BCUT2D eigenvalue weighted by atomic mass is 10.0. The van der Waals surface area contributed by atoms with E-state index in [1.807, 2.05) is 32.0 Å². The summed E-state index contributed by atoms with van der Waals surface area (Å²) >= 11 is 0. The third kappa shape index (κ3) is 5.03. The van der Waals surface area contributed by atoms with E-state index in [1.165, 1.54) is 26.4 Å². The Balaban J connectivity index is 2.14. The van der Waals surface area contributed by atoms with Crippen LogP contribution in [0.2, 0.25) is 0 Å². The summed E-state index contributed by atoms with van der Waals surface area (Å²) in [6, 6.07) is 10.7. The van der Waals surface area contributed by atoms with Gasteiger partial charge in [0.15, 0.2) is 6.10 Å². The maximum absolute atomic E-state index is 12.6. The van der Waals surface area contributed by atoms with Crippen molar-refractivity contribution in [2.75, 3.05) is 19.5 Å². The number of rotatable bonds is 8. The van der Waals surface area contributed by atoms with Crippen molar-refractivity contribution in [2.45, 2.75) is 39.7 Å². The Morgan fingerprint density at radius 2 is 1.50 bits per heavy atom. The number of benzene rings is 2. The first kappa shape index (κ1) is 21.3. The number of hydrogen-bond acceptors (Lipinski definition) is 5. The van der Waals surface area contributed by atoms with Crippen LogP contribution >= 0.6 is 0 Å². The van der Waals surface area contributed by atoms with Crippen LogP contribution in [-0.2, 0) is 22.4 Å². The zero-order chi connectivity index (χ0) is 20.7. The first-order valence-corrected chi connectivity index (χ1v) is 9.29. The molecule has 0 heterocycles. The van der Waals surface area contributed by atoms with E-state index in [9.17, 15) is 9.59 Å². The highest BCUT2D eigenvalue weighted by molar-refractivity contribution is 5.98. The number of carbonyl (C=O) groups is 2. The van der Waals surface area contributed by atoms with Crippen LogP contribution in [0.1, 0.15) is 42.3 Å². The van der Waals surface area contributed by atoms with Crippen molar-refractivity contribution in [2.24, 2.45) is 0 Å². The van der Waals surface area contributed by atoms with E-state index < -0.39 is 12.1 Å². The van der Waals surface area contributed by atoms with Gasteiger partial charge in [0.25, 0.3) is 5.91 Å². The number of para-hydroxylation sites is 1. The van der Waals surface area contributed by atoms with Crippen LogP contribution in [0.4, 0.5) is 5.69 Å². The van der Waals surface area contributed by atoms with Crippen molar-refractivity contribution < 1.29 is 23.8 Å². The molecular weight excluding hydrogens is 358 g/mol. The topological polar surface area (TPSA) is 73.9 Å². The van der Waals surface area contributed by atoms with Crippen LogP contribution in [0.25, 0.3) is 0 Å². The molecular formula is C22H27NO5. The summed E-state index contributed by atoms with van der Waals surface area (Å²) in [5.74, 6) is -0.0705. The van der Waals surface area contributed by atoms with Gasteiger partial charge in [-0.05, 0) is 43.0 Å². The number of amides is 1. The highest BCUT2D eigenvalue weighted by Crippen LogP contribution is 2.25. The Labute approximate surface area is 165 Å². The van der Waals surface area contributed by atoms with Gasteiger partial charge in [-0.1, -0.05) is 32.0 Å². The van der Waals surface area contributed by atoms with Gasteiger partial charge >= 0.3 is 5.97 Å². The zero-order valence-electron chi connectivity index (χ0n) is 17.0. The van der Waals surface area contributed by atoms with Crippen molar-refractivity contribution >= 4 is 17.6 Å². The molecule has 2 rings (SSSR count). The average molecular weight is 385 g/mol. The van der Waals surface area contributed by atoms with Crippen molar-refractivity contribution in [3.63, 3.8) is 0 Å². The molecule has 1 amide bonds. The Hall–Kier alpha value is -3.02. The van der Waals surface area contributed by atoms with Crippen LogP contribution in [0.5, 0.6) is 11.5 Å². The molecule has 2 aromatic rings. The maximum Gasteiger partial charge on any atom is 0.339 e. The van der Waals surface area contributed by atoms with Gasteiger partial charge in [0.2, 0.25) is 0 Å². The third-order valence-corrected chi connectivity index (χ3v) is 4.49. The first-order chi connectivity index (χ1) is 13.4. The summed E-state index contributed by atoms with van der Waals surface area (Å²) in [6.45, 7) is 5.61. The number of anilines is 1. The lowest BCUT2D eigenvalue weighted by Gasteiger charge is -2.18. The van der Waals surface area contributed by atoms with Crippen LogP contribution in [0.3, 0.4) is 0 Å². The Morgan fingerprint density at radius 3 is 1.96 bits per heavy atom. The average Bonchev–Trinajstić information content (AvgIpc) is 2.72. The Morgan fingerprint density at radius 1 is 0.964 bits per heavy atom. The first-order valence-electron chi connectivity index (χ1n) is 9.29. The Kier molecular flexibility index (Phi) is 7.44. The lowest BCUT2D eigenvalue weighted by Crippen LogP contribution is -2.30. The Bertz CT molecular complexity index is 802. The van der Waals surface area contributed by atoms with Crippen molar-refractivity contribution in [3.05, 3.63) is 53.1 Å². The van der Waals surface area contributed by atoms with Gasteiger partial charge in [0, 0.05) is 11.8 Å². The predicted octanol–water partition coefficient (Wildman–Crippen LogP) is 4.01. The van der Waals surface area contributed by atoms with E-state index in [0.717, 1.165) is 29.7 Å². The van der Waals surface area contributed by atoms with Crippen molar-refractivity contribution in [3.8, 4) is 11.5 Å². The minimum Gasteiger partial charge on any atom is -0.497 e. The fourth-order valence-electron chi connectivity index (χ4n) is 2.84. The number of esters is 1. The van der Waals surface area contributed by atoms with E-state index in [4.69, 9.17) is 14.2 Å². The molecule has 0 radical (unpaired) electrons. The lowest BCUT2D eigenvalue weighted by molar-refractivity contribution is -0.123. The molecule has 150 valence electrons. The van der Waals surface area contributed by atoms with Gasteiger partial charge in [-0.15, -0.1) is 0 Å². The van der Waals surface area contributed by atoms with E-state index in [2.05, 4.69) is 5.32 Å². The zero-order valence-corrected chi connectivity index (χ0v) is 17.0. The normalized spacial score (nSPS) is 11.5. The molecule has 1 unspecified atom stereocenters. The van der Waals surface area contributed by atoms with E-state index in [0.29, 0.717) is 11.5 Å². The third-order valence-electron chi connectivity index (χ3n) is 4.49. The number of hydrogen-bond donors (Lipinski definition) is 1. The second-order valence-electron chi connectivity index (χ2n) is 6.30. The molecule has 2 aromatic carbocycles. The second-order valence-corrected chi connectivity index (χ2v) is 6.30. The molecule has 1 atom stereocenters. The van der Waals surface area contributed by atoms with Crippen molar-refractivity contribution in [1.82, 2.24) is 0 Å². The largest absolute Gasteiger partial charge is 0.497 e. The van der Waals surface area contributed by atoms with Crippen LogP contribution in [-0.4, -0.2) is 32.2 Å². The SMILES string of the molecule is CCc1cccc(CC)c1NC(=O)C(C)OC(=O)c1cc(OC)cc(OC)c1. The molecule has 0 bridgehead atoms. The van der Waals surface area contributed by atoms with Gasteiger partial charge in [0.05, 0.1) is 19.8 Å². The summed E-state index contributed by atoms with van der Waals surface area (Å²) < 4.78 is 15.7. The van der Waals surface area contributed by atoms with E-state index in [-0.39, 0.29) is 11.5 Å². The molecule has 1 N–H and O–H groups in total. The molecule has 0 aliphatic carbocycles. The van der Waals surface area contributed by atoms with Gasteiger partial charge < -0.3 is 19.5 Å². The van der Waals surface area contributed by atoms with Gasteiger partial charge in [0.1, 0.15) is 11.5 Å². The summed E-state index contributed by atoms with van der Waals surface area (Å²) in [5.41, 5.74) is 3.13. The molecule has 0 aliphatic heterocycles. The van der Waals surface area contributed by atoms with Crippen LogP contribution in [0.15, 0.2) is 36.4 Å². The minimum absolute atomic E-state index is 0.249. The standard InChI is InChI=1S/C22H27NO5/c1-6-15-9-8-10-16(7-2)20(15)23-21(24)14(3)28-22(25)17-11-18(26-4)13-19(12-17)27-5/h8-14H,6-7H2,1-5H3,(H,23,24). The van der Waals surface area contributed by atoms with Gasteiger partial charge in [-0.25, -0.2) is 4.79 Å². The number of ether oxygens (including phenoxy) is 3. The monoisotopic (exact) mass is 385 g/mol. The highest BCUT2D eigenvalue weighted by Gasteiger charge is 2.21. The summed E-state index contributed by atoms with van der Waals surface area (Å²) in [4.78, 5) is 25.1. The summed E-state index contributed by atoms with van der Waals surface area (Å²) in [5, 5.41) is 2.92. The smallest absolute Gasteiger partial charge is 0.339 e. The van der Waals surface area contributed by atoms with Crippen LogP contribution < -0.4 is 14.8 Å². The summed E-state index contributed by atoms with van der Waals surface area (Å²) in [6.07, 6.45) is 0.627. The fourth-order valence-corrected chi connectivity index (χ4v) is 2.84. The number of nitrogens with one attached hydrogen (secondary N) is 1. The number of methoxy groups -OCH3 is 2. The van der Waals surface area contributed by atoms with Gasteiger partial charge in [-0.3, -0.25) is 4.79 Å². The molecule has 0 saturated heterocycles.